The highest BCUT2D eigenvalue weighted by Gasteiger charge is 2.46. The van der Waals surface area contributed by atoms with Gasteiger partial charge in [0.15, 0.2) is 0 Å². The molecular weight excluding hydrogens is 736 g/mol. The molecule has 1 fully saturated rings. The quantitative estimate of drug-likeness (QED) is 0.0803. The van der Waals surface area contributed by atoms with Gasteiger partial charge in [-0.25, -0.2) is 14.4 Å². The Morgan fingerprint density at radius 3 is 1.80 bits per heavy atom. The molecule has 0 spiro atoms. The van der Waals surface area contributed by atoms with E-state index in [-0.39, 0.29) is 36.5 Å². The molecule has 5 aromatic rings. The molecule has 1 heterocycles. The molecule has 288 valence electrons. The van der Waals surface area contributed by atoms with E-state index in [1.165, 1.54) is 12.5 Å². The van der Waals surface area contributed by atoms with Gasteiger partial charge < -0.3 is 28.4 Å². The largest absolute Gasteiger partial charge is 0.461 e. The van der Waals surface area contributed by atoms with Crippen molar-refractivity contribution < 1.29 is 47.6 Å². The van der Waals surface area contributed by atoms with Gasteiger partial charge in [0.05, 0.1) is 22.8 Å². The summed E-state index contributed by atoms with van der Waals surface area (Å²) in [6, 6.07) is 36.7. The minimum absolute atomic E-state index is 0.0167. The number of aryl methyl sites for hydroxylation is 1. The maximum Gasteiger partial charge on any atom is 0.338 e. The number of esters is 4. The lowest BCUT2D eigenvalue weighted by molar-refractivity contribution is -0.240. The Bertz CT molecular complexity index is 2110. The van der Waals surface area contributed by atoms with Crippen LogP contribution in [0.4, 0.5) is 0 Å². The van der Waals surface area contributed by atoms with E-state index in [2.05, 4.69) is 6.92 Å². The van der Waals surface area contributed by atoms with Crippen LogP contribution in [0.2, 0.25) is 5.02 Å². The Hall–Kier alpha value is -5.97. The molecule has 11 heteroatoms. The van der Waals surface area contributed by atoms with E-state index in [0.717, 1.165) is 12.0 Å². The van der Waals surface area contributed by atoms with E-state index in [4.69, 9.17) is 40.0 Å². The first-order valence-corrected chi connectivity index (χ1v) is 18.6. The molecule has 0 amide bonds. The lowest BCUT2D eigenvalue weighted by atomic mass is 9.99. The topological polar surface area (TPSA) is 124 Å². The summed E-state index contributed by atoms with van der Waals surface area (Å²) >= 11 is 6.94. The third kappa shape index (κ3) is 10.6. The standard InChI is InChI=1S/C45H41ClO10/c1-3-30-19-21-31(22-20-30)23-37-38(46)24-32(27-51-29(2)47)25-39(37)55-45-41(56-44(50)35-17-11-6-12-18-35)40(54-43(49)34-15-9-5-10-16-34)26-36(53-45)28-52-42(48)33-13-7-4-8-14-33/h4-22,24-25,36,40-41,45H,3,23,26-28H2,1-2H3/t36-,40-,41+,45-/m0/s1. The van der Waals surface area contributed by atoms with Gasteiger partial charge in [0.1, 0.15) is 25.1 Å². The normalized spacial score (nSPS) is 17.6. The van der Waals surface area contributed by atoms with Gasteiger partial charge in [-0.2, -0.15) is 0 Å². The Morgan fingerprint density at radius 1 is 0.679 bits per heavy atom. The Morgan fingerprint density at radius 2 is 1.23 bits per heavy atom. The third-order valence-corrected chi connectivity index (χ3v) is 9.44. The lowest BCUT2D eigenvalue weighted by Crippen LogP contribution is -2.55. The van der Waals surface area contributed by atoms with Gasteiger partial charge in [0, 0.05) is 30.4 Å². The van der Waals surface area contributed by atoms with Gasteiger partial charge in [0.2, 0.25) is 12.4 Å². The van der Waals surface area contributed by atoms with Crippen LogP contribution in [0.3, 0.4) is 0 Å². The van der Waals surface area contributed by atoms with Gasteiger partial charge in [-0.15, -0.1) is 0 Å². The maximum atomic E-state index is 13.7. The summed E-state index contributed by atoms with van der Waals surface area (Å²) in [6.45, 7) is 3.04. The molecule has 4 atom stereocenters. The van der Waals surface area contributed by atoms with E-state index in [9.17, 15) is 19.2 Å². The van der Waals surface area contributed by atoms with Gasteiger partial charge in [-0.3, -0.25) is 4.79 Å². The molecule has 0 aromatic heterocycles. The van der Waals surface area contributed by atoms with Crippen LogP contribution in [0.15, 0.2) is 127 Å². The average Bonchev–Trinajstić information content (AvgIpc) is 3.22. The number of carbonyl (C=O) groups excluding carboxylic acids is 4. The first-order valence-electron chi connectivity index (χ1n) is 18.3. The molecule has 5 aromatic carbocycles. The molecule has 1 aliphatic heterocycles. The summed E-state index contributed by atoms with van der Waals surface area (Å²) in [5.74, 6) is -2.19. The van der Waals surface area contributed by atoms with Crippen molar-refractivity contribution in [2.24, 2.45) is 0 Å². The molecule has 0 aliphatic carbocycles. The highest BCUT2D eigenvalue weighted by Crippen LogP contribution is 2.36. The van der Waals surface area contributed by atoms with Gasteiger partial charge in [0.25, 0.3) is 0 Å². The number of halogens is 1. The van der Waals surface area contributed by atoms with Crippen LogP contribution >= 0.6 is 11.6 Å². The van der Waals surface area contributed by atoms with Crippen LogP contribution in [-0.4, -0.2) is 55.1 Å². The fourth-order valence-corrected chi connectivity index (χ4v) is 6.44. The predicted octanol–water partition coefficient (Wildman–Crippen LogP) is 8.36. The molecule has 6 rings (SSSR count). The molecule has 0 N–H and O–H groups in total. The van der Waals surface area contributed by atoms with Crippen molar-refractivity contribution in [3.63, 3.8) is 0 Å². The fourth-order valence-electron chi connectivity index (χ4n) is 6.14. The second-order valence-corrected chi connectivity index (χ2v) is 13.6. The van der Waals surface area contributed by atoms with Crippen molar-refractivity contribution in [3.05, 3.63) is 171 Å². The van der Waals surface area contributed by atoms with E-state index in [1.807, 2.05) is 24.3 Å². The van der Waals surface area contributed by atoms with E-state index >= 15 is 0 Å². The molecule has 10 nitrogen and oxygen atoms in total. The average molecular weight is 777 g/mol. The Labute approximate surface area is 330 Å². The summed E-state index contributed by atoms with van der Waals surface area (Å²) in [6.07, 6.45) is -3.53. The van der Waals surface area contributed by atoms with E-state index in [1.54, 1.807) is 103 Å². The van der Waals surface area contributed by atoms with Crippen LogP contribution < -0.4 is 4.74 Å². The summed E-state index contributed by atoms with van der Waals surface area (Å²) < 4.78 is 36.3. The van der Waals surface area contributed by atoms with Crippen molar-refractivity contribution in [3.8, 4) is 5.75 Å². The fraction of sp³-hybridized carbons (Fsp3) is 0.244. The Balaban J connectivity index is 1.38. The zero-order chi connectivity index (χ0) is 39.4. The van der Waals surface area contributed by atoms with Gasteiger partial charge >= 0.3 is 23.9 Å². The maximum absolute atomic E-state index is 13.7. The number of hydrogen-bond donors (Lipinski definition) is 0. The zero-order valence-corrected chi connectivity index (χ0v) is 31.7. The predicted molar refractivity (Wildman–Crippen MR) is 207 cm³/mol. The smallest absolute Gasteiger partial charge is 0.338 e. The number of ether oxygens (including phenoxy) is 6. The van der Waals surface area contributed by atoms with Crippen molar-refractivity contribution in [2.45, 2.75) is 64.3 Å². The first-order chi connectivity index (χ1) is 27.2. The Kier molecular flexibility index (Phi) is 13.5. The number of benzene rings is 5. The summed E-state index contributed by atoms with van der Waals surface area (Å²) in [5.41, 5.74) is 4.09. The summed E-state index contributed by atoms with van der Waals surface area (Å²) in [4.78, 5) is 52.0. The highest BCUT2D eigenvalue weighted by atomic mass is 35.5. The van der Waals surface area contributed by atoms with E-state index in [0.29, 0.717) is 28.1 Å². The molecule has 1 saturated heterocycles. The minimum Gasteiger partial charge on any atom is -0.461 e. The second-order valence-electron chi connectivity index (χ2n) is 13.2. The zero-order valence-electron chi connectivity index (χ0n) is 30.9. The third-order valence-electron chi connectivity index (χ3n) is 9.10. The lowest BCUT2D eigenvalue weighted by Gasteiger charge is -2.40. The van der Waals surface area contributed by atoms with Crippen LogP contribution in [-0.2, 0) is 47.9 Å². The van der Waals surface area contributed by atoms with Crippen molar-refractivity contribution in [2.75, 3.05) is 6.61 Å². The molecule has 0 bridgehead atoms. The highest BCUT2D eigenvalue weighted by molar-refractivity contribution is 6.31. The van der Waals surface area contributed by atoms with Crippen LogP contribution in [0.25, 0.3) is 0 Å². The van der Waals surface area contributed by atoms with Gasteiger partial charge in [-0.05, 0) is 71.6 Å². The van der Waals surface area contributed by atoms with Crippen LogP contribution in [0.5, 0.6) is 5.75 Å². The van der Waals surface area contributed by atoms with Gasteiger partial charge in [-0.1, -0.05) is 97.4 Å². The van der Waals surface area contributed by atoms with Crippen LogP contribution in [0, 0.1) is 0 Å². The number of carbonyl (C=O) groups is 4. The van der Waals surface area contributed by atoms with Crippen molar-refractivity contribution in [1.82, 2.24) is 0 Å². The summed E-state index contributed by atoms with van der Waals surface area (Å²) in [5, 5.41) is 0.332. The molecule has 56 heavy (non-hydrogen) atoms. The molecule has 1 aliphatic rings. The monoisotopic (exact) mass is 776 g/mol. The number of hydrogen-bond acceptors (Lipinski definition) is 10. The summed E-state index contributed by atoms with van der Waals surface area (Å²) in [7, 11) is 0. The minimum atomic E-state index is -1.41. The molecule has 0 unspecified atom stereocenters. The van der Waals surface area contributed by atoms with Crippen molar-refractivity contribution >= 4 is 35.5 Å². The molecule has 0 radical (unpaired) electrons. The SMILES string of the molecule is CCc1ccc(Cc2c(Cl)cc(COC(C)=O)cc2O[C@@H]2O[C@H](COC(=O)c3ccccc3)C[C@H](OC(=O)c3ccccc3)[C@H]2OC(=O)c2ccccc2)cc1. The van der Waals surface area contributed by atoms with E-state index < -0.39 is 48.5 Å². The molecule has 0 saturated carbocycles. The molecular formula is C45H41ClO10. The number of rotatable bonds is 14. The van der Waals surface area contributed by atoms with Crippen LogP contribution in [0.1, 0.15) is 73.6 Å². The second kappa shape index (κ2) is 19.1. The first kappa shape index (κ1) is 39.7. The van der Waals surface area contributed by atoms with Crippen molar-refractivity contribution in [1.29, 1.82) is 0 Å².